The van der Waals surface area contributed by atoms with Crippen LogP contribution in [-0.4, -0.2) is 16.8 Å². The number of nitrogens with zero attached hydrogens (tertiary/aromatic N) is 1. The van der Waals surface area contributed by atoms with Crippen LogP contribution in [0.25, 0.3) is 10.9 Å². The number of fused-ring (bicyclic) bond motifs is 1. The van der Waals surface area contributed by atoms with E-state index < -0.39 is 5.91 Å². The molecule has 1 atom stereocenters. The maximum Gasteiger partial charge on any atom is 0.250 e. The number of amides is 2. The van der Waals surface area contributed by atoms with Crippen LogP contribution >= 0.6 is 11.6 Å². The number of primary amides is 1. The Hall–Kier alpha value is -2.99. The number of rotatable bonds is 5. The maximum absolute atomic E-state index is 13.8. The molecule has 1 unspecified atom stereocenters. The molecule has 1 saturated carbocycles. The number of benzene rings is 2. The Morgan fingerprint density at radius 3 is 2.59 bits per heavy atom. The number of hydrogen-bond acceptors (Lipinski definition) is 3. The third kappa shape index (κ3) is 4.60. The van der Waals surface area contributed by atoms with Gasteiger partial charge in [0.05, 0.1) is 16.8 Å². The van der Waals surface area contributed by atoms with E-state index in [1.807, 2.05) is 13.0 Å². The van der Waals surface area contributed by atoms with Crippen molar-refractivity contribution >= 4 is 40.0 Å². The highest BCUT2D eigenvalue weighted by atomic mass is 35.5. The summed E-state index contributed by atoms with van der Waals surface area (Å²) in [6, 6.07) is 11.3. The lowest BCUT2D eigenvalue weighted by Crippen LogP contribution is -2.30. The topological polar surface area (TPSA) is 85.1 Å². The van der Waals surface area contributed by atoms with Gasteiger partial charge in [-0.05, 0) is 85.5 Å². The van der Waals surface area contributed by atoms with Gasteiger partial charge in [-0.15, -0.1) is 0 Å². The Labute approximate surface area is 191 Å². The van der Waals surface area contributed by atoms with Crippen molar-refractivity contribution in [3.63, 3.8) is 0 Å². The standard InChI is InChI=1S/C25H25ClFN3O2/c1-14(25(32)30-23-8-6-17(26)12-21(23)24(28)31)15-2-4-16(5-3-15)19-10-11-29-22-9-7-18(27)13-20(19)22/h6-16H,2-5H2,1H3,(H2,28,31)(H,30,32)/t14?,15-,16+. The Morgan fingerprint density at radius 1 is 1.12 bits per heavy atom. The molecule has 2 aromatic carbocycles. The molecule has 166 valence electrons. The number of carbonyl (C=O) groups excluding carboxylic acids is 2. The molecule has 1 heterocycles. The number of nitrogens with one attached hydrogen (secondary N) is 1. The summed E-state index contributed by atoms with van der Waals surface area (Å²) in [7, 11) is 0. The summed E-state index contributed by atoms with van der Waals surface area (Å²) >= 11 is 5.95. The van der Waals surface area contributed by atoms with Gasteiger partial charge in [-0.1, -0.05) is 18.5 Å². The summed E-state index contributed by atoms with van der Waals surface area (Å²) in [6.45, 7) is 1.91. The molecule has 1 aromatic heterocycles. The molecule has 0 spiro atoms. The van der Waals surface area contributed by atoms with E-state index in [2.05, 4.69) is 10.3 Å². The third-order valence-electron chi connectivity index (χ3n) is 6.57. The summed E-state index contributed by atoms with van der Waals surface area (Å²) < 4.78 is 13.8. The van der Waals surface area contributed by atoms with Crippen LogP contribution in [0.1, 0.15) is 54.4 Å². The van der Waals surface area contributed by atoms with Gasteiger partial charge in [-0.3, -0.25) is 14.6 Å². The summed E-state index contributed by atoms with van der Waals surface area (Å²) in [5.74, 6) is -0.735. The fraction of sp³-hybridized carbons (Fsp3) is 0.320. The Kier molecular flexibility index (Phi) is 6.42. The van der Waals surface area contributed by atoms with E-state index in [1.165, 1.54) is 12.1 Å². The molecule has 0 radical (unpaired) electrons. The second-order valence-corrected chi connectivity index (χ2v) is 8.94. The molecular formula is C25H25ClFN3O2. The smallest absolute Gasteiger partial charge is 0.250 e. The minimum atomic E-state index is -0.642. The lowest BCUT2D eigenvalue weighted by Gasteiger charge is -2.32. The lowest BCUT2D eigenvalue weighted by molar-refractivity contribution is -0.121. The van der Waals surface area contributed by atoms with Gasteiger partial charge in [0.25, 0.3) is 5.91 Å². The monoisotopic (exact) mass is 453 g/mol. The van der Waals surface area contributed by atoms with E-state index in [-0.39, 0.29) is 29.1 Å². The van der Waals surface area contributed by atoms with Crippen molar-refractivity contribution in [2.24, 2.45) is 17.6 Å². The highest BCUT2D eigenvalue weighted by molar-refractivity contribution is 6.31. The molecule has 0 aliphatic heterocycles. The third-order valence-corrected chi connectivity index (χ3v) is 6.81. The number of carbonyl (C=O) groups is 2. The van der Waals surface area contributed by atoms with Crippen molar-refractivity contribution in [3.8, 4) is 0 Å². The predicted octanol–water partition coefficient (Wildman–Crippen LogP) is 5.67. The van der Waals surface area contributed by atoms with Gasteiger partial charge < -0.3 is 11.1 Å². The van der Waals surface area contributed by atoms with E-state index in [9.17, 15) is 14.0 Å². The molecule has 0 saturated heterocycles. The summed E-state index contributed by atoms with van der Waals surface area (Å²) in [4.78, 5) is 28.9. The Morgan fingerprint density at radius 2 is 1.88 bits per heavy atom. The molecule has 3 N–H and O–H groups in total. The van der Waals surface area contributed by atoms with Gasteiger partial charge in [-0.2, -0.15) is 0 Å². The van der Waals surface area contributed by atoms with Crippen LogP contribution in [0.4, 0.5) is 10.1 Å². The second-order valence-electron chi connectivity index (χ2n) is 8.51. The molecule has 4 rings (SSSR count). The number of nitrogens with two attached hydrogens (primary N) is 1. The van der Waals surface area contributed by atoms with E-state index in [1.54, 1.807) is 30.5 Å². The first-order valence-electron chi connectivity index (χ1n) is 10.8. The SMILES string of the molecule is CC(C(=O)Nc1ccc(Cl)cc1C(N)=O)[C@H]1CC[C@@H](c2ccnc3ccc(F)cc32)CC1. The quantitative estimate of drug-likeness (QED) is 0.521. The molecule has 3 aromatic rings. The molecular weight excluding hydrogens is 429 g/mol. The number of aromatic nitrogens is 1. The minimum absolute atomic E-state index is 0.144. The first kappa shape index (κ1) is 22.2. The highest BCUT2D eigenvalue weighted by Gasteiger charge is 2.30. The highest BCUT2D eigenvalue weighted by Crippen LogP contribution is 2.41. The van der Waals surface area contributed by atoms with Crippen LogP contribution < -0.4 is 11.1 Å². The van der Waals surface area contributed by atoms with Crippen molar-refractivity contribution in [1.82, 2.24) is 4.98 Å². The van der Waals surface area contributed by atoms with Crippen molar-refractivity contribution in [2.45, 2.75) is 38.5 Å². The molecule has 7 heteroatoms. The van der Waals surface area contributed by atoms with Crippen LogP contribution in [0, 0.1) is 17.7 Å². The maximum atomic E-state index is 13.8. The first-order valence-corrected chi connectivity index (χ1v) is 11.2. The molecule has 1 aliphatic rings. The Bertz CT molecular complexity index is 1180. The zero-order valence-corrected chi connectivity index (χ0v) is 18.5. The Balaban J connectivity index is 1.43. The van der Waals surface area contributed by atoms with E-state index in [4.69, 9.17) is 17.3 Å². The fourth-order valence-electron chi connectivity index (χ4n) is 4.72. The van der Waals surface area contributed by atoms with Crippen LogP contribution in [0.2, 0.25) is 5.02 Å². The molecule has 5 nitrogen and oxygen atoms in total. The summed E-state index contributed by atoms with van der Waals surface area (Å²) in [5, 5.41) is 4.09. The molecule has 2 amide bonds. The molecule has 1 fully saturated rings. The number of halogens is 2. The zero-order chi connectivity index (χ0) is 22.8. The molecule has 0 bridgehead atoms. The average molecular weight is 454 g/mol. The van der Waals surface area contributed by atoms with Gasteiger partial charge in [0.15, 0.2) is 0 Å². The van der Waals surface area contributed by atoms with Crippen molar-refractivity contribution in [2.75, 3.05) is 5.32 Å². The molecule has 1 aliphatic carbocycles. The first-order chi connectivity index (χ1) is 15.3. The van der Waals surface area contributed by atoms with Gasteiger partial charge in [0.1, 0.15) is 5.82 Å². The van der Waals surface area contributed by atoms with Crippen LogP contribution in [-0.2, 0) is 4.79 Å². The van der Waals surface area contributed by atoms with E-state index in [0.717, 1.165) is 42.1 Å². The van der Waals surface area contributed by atoms with Crippen LogP contribution in [0.3, 0.4) is 0 Å². The lowest BCUT2D eigenvalue weighted by atomic mass is 9.73. The fourth-order valence-corrected chi connectivity index (χ4v) is 4.89. The van der Waals surface area contributed by atoms with Gasteiger partial charge in [0.2, 0.25) is 5.91 Å². The van der Waals surface area contributed by atoms with Crippen LogP contribution in [0.5, 0.6) is 0 Å². The molecule has 32 heavy (non-hydrogen) atoms. The van der Waals surface area contributed by atoms with Gasteiger partial charge >= 0.3 is 0 Å². The van der Waals surface area contributed by atoms with Gasteiger partial charge in [0, 0.05) is 22.5 Å². The summed E-state index contributed by atoms with van der Waals surface area (Å²) in [5.41, 5.74) is 7.91. The zero-order valence-electron chi connectivity index (χ0n) is 17.8. The second kappa shape index (κ2) is 9.25. The van der Waals surface area contributed by atoms with Crippen molar-refractivity contribution in [1.29, 1.82) is 0 Å². The largest absolute Gasteiger partial charge is 0.366 e. The van der Waals surface area contributed by atoms with E-state index in [0.29, 0.717) is 16.6 Å². The predicted molar refractivity (Wildman–Crippen MR) is 124 cm³/mol. The van der Waals surface area contributed by atoms with Crippen molar-refractivity contribution in [3.05, 3.63) is 70.6 Å². The number of anilines is 1. The van der Waals surface area contributed by atoms with Crippen LogP contribution in [0.15, 0.2) is 48.7 Å². The number of hydrogen-bond donors (Lipinski definition) is 2. The van der Waals surface area contributed by atoms with Crippen molar-refractivity contribution < 1.29 is 14.0 Å². The summed E-state index contributed by atoms with van der Waals surface area (Å²) in [6.07, 6.45) is 5.40. The average Bonchev–Trinajstić information content (AvgIpc) is 2.79. The normalized spacial score (nSPS) is 19.5. The minimum Gasteiger partial charge on any atom is -0.366 e. The number of pyridine rings is 1. The van der Waals surface area contributed by atoms with Gasteiger partial charge in [-0.25, -0.2) is 4.39 Å². The van der Waals surface area contributed by atoms with E-state index >= 15 is 0 Å².